The van der Waals surface area contributed by atoms with Gasteiger partial charge in [0.1, 0.15) is 0 Å². The Morgan fingerprint density at radius 1 is 0.957 bits per heavy atom. The predicted molar refractivity (Wildman–Crippen MR) is 84.2 cm³/mol. The predicted octanol–water partition coefficient (Wildman–Crippen LogP) is 0.804. The molecule has 0 unspecified atom stereocenters. The highest BCUT2D eigenvalue weighted by Gasteiger charge is 2.17. The van der Waals surface area contributed by atoms with Gasteiger partial charge < -0.3 is 29.6 Å². The molecule has 0 aliphatic heterocycles. The Bertz CT molecular complexity index is 522. The standard InChI is InChI=1S/C15H22N2O6/c1-20-7-5-6-16-14(18)15(19)17-10-8-11(21-2)13(23-4)12(9-10)22-3/h8-9H,5-7H2,1-4H3,(H,16,18)(H,17,19). The molecule has 2 amide bonds. The second-order valence-electron chi connectivity index (χ2n) is 4.47. The van der Waals surface area contributed by atoms with E-state index in [0.717, 1.165) is 0 Å². The van der Waals surface area contributed by atoms with Gasteiger partial charge in [0.15, 0.2) is 11.5 Å². The van der Waals surface area contributed by atoms with E-state index in [2.05, 4.69) is 10.6 Å². The summed E-state index contributed by atoms with van der Waals surface area (Å²) in [6, 6.07) is 3.08. The van der Waals surface area contributed by atoms with Gasteiger partial charge >= 0.3 is 11.8 Å². The summed E-state index contributed by atoms with van der Waals surface area (Å²) < 4.78 is 20.4. The summed E-state index contributed by atoms with van der Waals surface area (Å²) in [4.78, 5) is 23.6. The molecule has 0 bridgehead atoms. The highest BCUT2D eigenvalue weighted by molar-refractivity contribution is 6.39. The van der Waals surface area contributed by atoms with Gasteiger partial charge in [0.2, 0.25) is 5.75 Å². The second kappa shape index (κ2) is 9.52. The number of hydrogen-bond donors (Lipinski definition) is 2. The van der Waals surface area contributed by atoms with E-state index in [-0.39, 0.29) is 0 Å². The molecule has 0 heterocycles. The summed E-state index contributed by atoms with van der Waals surface area (Å²) in [6.45, 7) is 0.865. The van der Waals surface area contributed by atoms with Crippen LogP contribution in [0.1, 0.15) is 6.42 Å². The van der Waals surface area contributed by atoms with Crippen LogP contribution in [0.4, 0.5) is 5.69 Å². The third kappa shape index (κ3) is 5.33. The van der Waals surface area contributed by atoms with E-state index in [1.165, 1.54) is 33.5 Å². The summed E-state index contributed by atoms with van der Waals surface area (Å²) in [6.07, 6.45) is 0.625. The van der Waals surface area contributed by atoms with Crippen molar-refractivity contribution in [1.82, 2.24) is 5.32 Å². The van der Waals surface area contributed by atoms with Crippen molar-refractivity contribution in [1.29, 1.82) is 0 Å². The molecule has 0 fully saturated rings. The molecule has 0 saturated carbocycles. The molecule has 1 rings (SSSR count). The molecule has 1 aromatic carbocycles. The van der Waals surface area contributed by atoms with Gasteiger partial charge in [0.05, 0.1) is 21.3 Å². The van der Waals surface area contributed by atoms with Gasteiger partial charge in [-0.25, -0.2) is 0 Å². The Hall–Kier alpha value is -2.48. The summed E-state index contributed by atoms with van der Waals surface area (Å²) >= 11 is 0. The number of nitrogens with one attached hydrogen (secondary N) is 2. The first-order chi connectivity index (χ1) is 11.1. The van der Waals surface area contributed by atoms with Gasteiger partial charge in [0.25, 0.3) is 0 Å². The number of carbonyl (C=O) groups is 2. The van der Waals surface area contributed by atoms with Crippen LogP contribution in [0, 0.1) is 0 Å². The second-order valence-corrected chi connectivity index (χ2v) is 4.47. The highest BCUT2D eigenvalue weighted by Crippen LogP contribution is 2.39. The number of benzene rings is 1. The minimum Gasteiger partial charge on any atom is -0.493 e. The van der Waals surface area contributed by atoms with Gasteiger partial charge in [0, 0.05) is 38.1 Å². The molecule has 0 aromatic heterocycles. The molecule has 128 valence electrons. The van der Waals surface area contributed by atoms with Crippen LogP contribution in [0.3, 0.4) is 0 Å². The number of methoxy groups -OCH3 is 4. The summed E-state index contributed by atoms with van der Waals surface area (Å²) in [5, 5.41) is 4.98. The van der Waals surface area contributed by atoms with Crippen LogP contribution in [-0.4, -0.2) is 53.4 Å². The van der Waals surface area contributed by atoms with E-state index in [1.807, 2.05) is 0 Å². The van der Waals surface area contributed by atoms with Gasteiger partial charge in [-0.1, -0.05) is 0 Å². The fourth-order valence-electron chi connectivity index (χ4n) is 1.84. The fourth-order valence-corrected chi connectivity index (χ4v) is 1.84. The van der Waals surface area contributed by atoms with E-state index in [1.54, 1.807) is 7.11 Å². The SMILES string of the molecule is COCCCNC(=O)C(=O)Nc1cc(OC)c(OC)c(OC)c1. The first-order valence-corrected chi connectivity index (χ1v) is 6.95. The first-order valence-electron chi connectivity index (χ1n) is 6.95. The monoisotopic (exact) mass is 326 g/mol. The van der Waals surface area contributed by atoms with Crippen molar-refractivity contribution in [3.05, 3.63) is 12.1 Å². The number of amides is 2. The number of carbonyl (C=O) groups excluding carboxylic acids is 2. The van der Waals surface area contributed by atoms with Crippen molar-refractivity contribution in [2.24, 2.45) is 0 Å². The average Bonchev–Trinajstić information content (AvgIpc) is 2.57. The molecular weight excluding hydrogens is 304 g/mol. The van der Waals surface area contributed by atoms with E-state index in [0.29, 0.717) is 42.5 Å². The maximum atomic E-state index is 11.9. The zero-order valence-electron chi connectivity index (χ0n) is 13.7. The Labute approximate surface area is 135 Å². The summed E-state index contributed by atoms with van der Waals surface area (Å²) in [5.74, 6) is -0.353. The quantitative estimate of drug-likeness (QED) is 0.542. The summed E-state index contributed by atoms with van der Waals surface area (Å²) in [5.41, 5.74) is 0.358. The topological polar surface area (TPSA) is 95.1 Å². The Kier molecular flexibility index (Phi) is 7.69. The van der Waals surface area contributed by atoms with Crippen molar-refractivity contribution in [2.45, 2.75) is 6.42 Å². The molecule has 0 aliphatic carbocycles. The van der Waals surface area contributed by atoms with Crippen LogP contribution in [-0.2, 0) is 14.3 Å². The molecule has 0 spiro atoms. The van der Waals surface area contributed by atoms with Crippen molar-refractivity contribution in [3.63, 3.8) is 0 Å². The number of anilines is 1. The van der Waals surface area contributed by atoms with Crippen molar-refractivity contribution in [3.8, 4) is 17.2 Å². The molecule has 8 heteroatoms. The van der Waals surface area contributed by atoms with Crippen LogP contribution < -0.4 is 24.8 Å². The molecule has 8 nitrogen and oxygen atoms in total. The van der Waals surface area contributed by atoms with Gasteiger partial charge in [-0.3, -0.25) is 9.59 Å². The molecule has 0 saturated heterocycles. The van der Waals surface area contributed by atoms with Crippen LogP contribution in [0.25, 0.3) is 0 Å². The third-order valence-corrected chi connectivity index (χ3v) is 2.94. The minimum atomic E-state index is -0.781. The van der Waals surface area contributed by atoms with Gasteiger partial charge in [-0.05, 0) is 6.42 Å². The van der Waals surface area contributed by atoms with Crippen LogP contribution in [0.15, 0.2) is 12.1 Å². The number of rotatable bonds is 8. The molecule has 0 radical (unpaired) electrons. The Morgan fingerprint density at radius 2 is 1.57 bits per heavy atom. The first kappa shape index (κ1) is 18.6. The van der Waals surface area contributed by atoms with E-state index >= 15 is 0 Å². The third-order valence-electron chi connectivity index (χ3n) is 2.94. The fraction of sp³-hybridized carbons (Fsp3) is 0.467. The minimum absolute atomic E-state index is 0.356. The molecule has 1 aromatic rings. The van der Waals surface area contributed by atoms with E-state index in [9.17, 15) is 9.59 Å². The Balaban J connectivity index is 2.76. The van der Waals surface area contributed by atoms with Crippen molar-refractivity contribution in [2.75, 3.05) is 46.9 Å². The van der Waals surface area contributed by atoms with Crippen LogP contribution in [0.5, 0.6) is 17.2 Å². The lowest BCUT2D eigenvalue weighted by Gasteiger charge is -2.14. The molecule has 23 heavy (non-hydrogen) atoms. The maximum absolute atomic E-state index is 11.9. The lowest BCUT2D eigenvalue weighted by molar-refractivity contribution is -0.136. The zero-order chi connectivity index (χ0) is 17.2. The molecule has 0 aliphatic rings. The van der Waals surface area contributed by atoms with Crippen molar-refractivity contribution >= 4 is 17.5 Å². The summed E-state index contributed by atoms with van der Waals surface area (Å²) in [7, 11) is 5.97. The highest BCUT2D eigenvalue weighted by atomic mass is 16.5. The van der Waals surface area contributed by atoms with Gasteiger partial charge in [-0.2, -0.15) is 0 Å². The molecule has 0 atom stereocenters. The normalized spacial score (nSPS) is 9.91. The lowest BCUT2D eigenvalue weighted by Crippen LogP contribution is -2.36. The van der Waals surface area contributed by atoms with Gasteiger partial charge in [-0.15, -0.1) is 0 Å². The zero-order valence-corrected chi connectivity index (χ0v) is 13.7. The average molecular weight is 326 g/mol. The van der Waals surface area contributed by atoms with Crippen LogP contribution >= 0.6 is 0 Å². The molecule has 2 N–H and O–H groups in total. The van der Waals surface area contributed by atoms with Crippen molar-refractivity contribution < 1.29 is 28.5 Å². The van der Waals surface area contributed by atoms with E-state index in [4.69, 9.17) is 18.9 Å². The Morgan fingerprint density at radius 3 is 2.04 bits per heavy atom. The maximum Gasteiger partial charge on any atom is 0.313 e. The molecular formula is C15H22N2O6. The largest absolute Gasteiger partial charge is 0.493 e. The lowest BCUT2D eigenvalue weighted by atomic mass is 10.2. The number of hydrogen-bond acceptors (Lipinski definition) is 6. The smallest absolute Gasteiger partial charge is 0.313 e. The van der Waals surface area contributed by atoms with E-state index < -0.39 is 11.8 Å². The number of ether oxygens (including phenoxy) is 4. The van der Waals surface area contributed by atoms with Crippen LogP contribution in [0.2, 0.25) is 0 Å².